The van der Waals surface area contributed by atoms with E-state index in [4.69, 9.17) is 5.11 Å². The summed E-state index contributed by atoms with van der Waals surface area (Å²) < 4.78 is 24.9. The number of benzene rings is 1. The van der Waals surface area contributed by atoms with E-state index in [0.29, 0.717) is 0 Å². The molecule has 1 aliphatic rings. The summed E-state index contributed by atoms with van der Waals surface area (Å²) in [4.78, 5) is 9.77. The summed E-state index contributed by atoms with van der Waals surface area (Å²) in [6.07, 6.45) is -0.650. The molecule has 0 atom stereocenters. The van der Waals surface area contributed by atoms with Crippen LogP contribution in [0.5, 0.6) is 0 Å². The van der Waals surface area contributed by atoms with Crippen molar-refractivity contribution in [3.05, 3.63) is 34.4 Å². The second-order valence-corrected chi connectivity index (χ2v) is 5.67. The average Bonchev–Trinajstić information content (AvgIpc) is 2.25. The number of aliphatic hydroxyl groups is 1. The molecule has 7 nitrogen and oxygen atoms in total. The van der Waals surface area contributed by atoms with Gasteiger partial charge in [0.05, 0.1) is 15.9 Å². The van der Waals surface area contributed by atoms with Gasteiger partial charge in [-0.1, -0.05) is 6.07 Å². The summed E-state index contributed by atoms with van der Waals surface area (Å²) in [6.45, 7) is 0.0655. The van der Waals surface area contributed by atoms with E-state index in [-0.39, 0.29) is 23.7 Å². The van der Waals surface area contributed by atoms with Crippen molar-refractivity contribution in [3.63, 3.8) is 0 Å². The van der Waals surface area contributed by atoms with Gasteiger partial charge < -0.3 is 5.11 Å². The molecule has 1 saturated heterocycles. The van der Waals surface area contributed by atoms with Crippen LogP contribution in [0.4, 0.5) is 5.69 Å². The number of non-ortho nitro benzene ring substituents is 1. The van der Waals surface area contributed by atoms with Crippen LogP contribution >= 0.6 is 0 Å². The minimum absolute atomic E-state index is 0.0328. The highest BCUT2D eigenvalue weighted by molar-refractivity contribution is 7.89. The molecule has 0 bridgehead atoms. The van der Waals surface area contributed by atoms with Crippen LogP contribution in [0.2, 0.25) is 0 Å². The lowest BCUT2D eigenvalue weighted by atomic mass is 10.2. The highest BCUT2D eigenvalue weighted by Crippen LogP contribution is 2.24. The van der Waals surface area contributed by atoms with Crippen LogP contribution in [-0.4, -0.2) is 41.9 Å². The van der Waals surface area contributed by atoms with E-state index in [1.54, 1.807) is 0 Å². The molecule has 1 aromatic rings. The topological polar surface area (TPSA) is 101 Å². The molecule has 8 heteroatoms. The molecule has 1 fully saturated rings. The fraction of sp³-hybridized carbons (Fsp3) is 0.333. The Morgan fingerprint density at radius 2 is 2.06 bits per heavy atom. The van der Waals surface area contributed by atoms with Crippen molar-refractivity contribution in [2.24, 2.45) is 0 Å². The number of hydrogen-bond donors (Lipinski definition) is 1. The van der Waals surface area contributed by atoms with E-state index >= 15 is 0 Å². The van der Waals surface area contributed by atoms with Crippen LogP contribution in [0.25, 0.3) is 0 Å². The number of nitrogens with zero attached hydrogens (tertiary/aromatic N) is 2. The maximum atomic E-state index is 11.9. The minimum Gasteiger partial charge on any atom is -0.390 e. The number of nitro groups is 1. The monoisotopic (exact) mass is 258 g/mol. The Bertz CT molecular complexity index is 550. The number of aliphatic hydroxyl groups excluding tert-OH is 1. The van der Waals surface area contributed by atoms with Crippen molar-refractivity contribution in [2.75, 3.05) is 13.1 Å². The van der Waals surface area contributed by atoms with Gasteiger partial charge in [0.1, 0.15) is 0 Å². The Hall–Kier alpha value is -1.51. The number of β-amino-alcohol motifs (C(OH)–C–C–N with tert-alkyl or cyclic N) is 1. The van der Waals surface area contributed by atoms with Gasteiger partial charge >= 0.3 is 0 Å². The van der Waals surface area contributed by atoms with Crippen LogP contribution in [0.3, 0.4) is 0 Å². The minimum atomic E-state index is -3.72. The standard InChI is InChI=1S/C9H10N2O5S/c12-8-5-10(6-8)17(15,16)9-3-1-2-7(4-9)11(13)14/h1-4,8,12H,5-6H2. The lowest BCUT2D eigenvalue weighted by Gasteiger charge is -2.34. The number of nitro benzene ring substituents is 1. The third kappa shape index (κ3) is 2.14. The van der Waals surface area contributed by atoms with E-state index in [9.17, 15) is 18.5 Å². The summed E-state index contributed by atoms with van der Waals surface area (Å²) in [5.41, 5.74) is -0.271. The molecule has 0 unspecified atom stereocenters. The van der Waals surface area contributed by atoms with E-state index in [1.807, 2.05) is 0 Å². The Balaban J connectivity index is 2.33. The van der Waals surface area contributed by atoms with Crippen LogP contribution in [0.15, 0.2) is 29.2 Å². The Morgan fingerprint density at radius 1 is 1.41 bits per heavy atom. The van der Waals surface area contributed by atoms with Crippen LogP contribution < -0.4 is 0 Å². The maximum Gasteiger partial charge on any atom is 0.270 e. The van der Waals surface area contributed by atoms with E-state index < -0.39 is 21.1 Å². The van der Waals surface area contributed by atoms with Gasteiger partial charge in [-0.25, -0.2) is 8.42 Å². The van der Waals surface area contributed by atoms with Gasteiger partial charge in [0.15, 0.2) is 0 Å². The van der Waals surface area contributed by atoms with Gasteiger partial charge in [-0.3, -0.25) is 10.1 Å². The molecule has 0 saturated carbocycles. The van der Waals surface area contributed by atoms with Crippen molar-refractivity contribution in [1.82, 2.24) is 4.31 Å². The van der Waals surface area contributed by atoms with Gasteiger partial charge in [0.25, 0.3) is 5.69 Å². The molecule has 0 radical (unpaired) electrons. The third-order valence-corrected chi connectivity index (χ3v) is 4.32. The van der Waals surface area contributed by atoms with Crippen molar-refractivity contribution < 1.29 is 18.4 Å². The molecule has 17 heavy (non-hydrogen) atoms. The highest BCUT2D eigenvalue weighted by atomic mass is 32.2. The molecule has 1 aliphatic heterocycles. The second-order valence-electron chi connectivity index (χ2n) is 3.73. The Labute approximate surface area is 97.5 Å². The molecule has 0 spiro atoms. The SMILES string of the molecule is O=[N+]([O-])c1cccc(S(=O)(=O)N2CC(O)C2)c1. The Kier molecular flexibility index (Phi) is 2.86. The van der Waals surface area contributed by atoms with Crippen molar-refractivity contribution in [1.29, 1.82) is 0 Å². The normalized spacial score (nSPS) is 17.7. The highest BCUT2D eigenvalue weighted by Gasteiger charge is 2.36. The van der Waals surface area contributed by atoms with Gasteiger partial charge in [-0.05, 0) is 6.07 Å². The van der Waals surface area contributed by atoms with Crippen molar-refractivity contribution >= 4 is 15.7 Å². The average molecular weight is 258 g/mol. The third-order valence-electron chi connectivity index (χ3n) is 2.49. The first kappa shape index (κ1) is 12.0. The van der Waals surface area contributed by atoms with Crippen molar-refractivity contribution in [2.45, 2.75) is 11.0 Å². The van der Waals surface area contributed by atoms with Gasteiger partial charge in [-0.15, -0.1) is 0 Å². The summed E-state index contributed by atoms with van der Waals surface area (Å²) in [5.74, 6) is 0. The summed E-state index contributed by atoms with van der Waals surface area (Å²) in [5, 5.41) is 19.6. The van der Waals surface area contributed by atoms with Gasteiger partial charge in [0.2, 0.25) is 10.0 Å². The number of sulfonamides is 1. The van der Waals surface area contributed by atoms with E-state index in [1.165, 1.54) is 18.2 Å². The smallest absolute Gasteiger partial charge is 0.270 e. The molecular formula is C9H10N2O5S. The van der Waals surface area contributed by atoms with E-state index in [0.717, 1.165) is 10.4 Å². The van der Waals surface area contributed by atoms with Gasteiger partial charge in [0, 0.05) is 25.2 Å². The van der Waals surface area contributed by atoms with Gasteiger partial charge in [-0.2, -0.15) is 4.31 Å². The molecule has 0 aliphatic carbocycles. The zero-order valence-electron chi connectivity index (χ0n) is 8.68. The molecule has 2 rings (SSSR count). The molecular weight excluding hydrogens is 248 g/mol. The largest absolute Gasteiger partial charge is 0.390 e. The van der Waals surface area contributed by atoms with Crippen molar-refractivity contribution in [3.8, 4) is 0 Å². The summed E-state index contributed by atoms with van der Waals surface area (Å²) in [7, 11) is -3.72. The molecule has 1 aromatic carbocycles. The zero-order chi connectivity index (χ0) is 12.6. The predicted octanol–water partition coefficient (Wildman–Crippen LogP) is -0.0400. The first-order valence-electron chi connectivity index (χ1n) is 4.84. The first-order valence-corrected chi connectivity index (χ1v) is 6.28. The predicted molar refractivity (Wildman–Crippen MR) is 57.9 cm³/mol. The lowest BCUT2D eigenvalue weighted by Crippen LogP contribution is -2.53. The molecule has 0 amide bonds. The van der Waals surface area contributed by atoms with Crippen LogP contribution in [0, 0.1) is 10.1 Å². The molecule has 1 heterocycles. The second kappa shape index (κ2) is 4.06. The number of rotatable bonds is 3. The Morgan fingerprint density at radius 3 is 2.59 bits per heavy atom. The molecule has 0 aromatic heterocycles. The quantitative estimate of drug-likeness (QED) is 0.605. The molecule has 92 valence electrons. The molecule has 1 N–H and O–H groups in total. The lowest BCUT2D eigenvalue weighted by molar-refractivity contribution is -0.385. The maximum absolute atomic E-state index is 11.9. The van der Waals surface area contributed by atoms with Crippen LogP contribution in [-0.2, 0) is 10.0 Å². The van der Waals surface area contributed by atoms with E-state index in [2.05, 4.69) is 0 Å². The summed E-state index contributed by atoms with van der Waals surface area (Å²) in [6, 6.07) is 4.86. The fourth-order valence-corrected chi connectivity index (χ4v) is 3.07. The fourth-order valence-electron chi connectivity index (χ4n) is 1.52. The first-order chi connectivity index (χ1) is 7.91. The zero-order valence-corrected chi connectivity index (χ0v) is 9.50. The van der Waals surface area contributed by atoms with Crippen LogP contribution in [0.1, 0.15) is 0 Å². The summed E-state index contributed by atoms with van der Waals surface area (Å²) >= 11 is 0. The number of hydrogen-bond acceptors (Lipinski definition) is 5.